The molecule has 0 aromatic heterocycles. The maximum atomic E-state index is 14.0. The van der Waals surface area contributed by atoms with E-state index in [1.165, 1.54) is 7.11 Å². The average Bonchev–Trinajstić information content (AvgIpc) is 2.31. The number of benzene rings is 1. The van der Waals surface area contributed by atoms with Crippen molar-refractivity contribution in [2.75, 3.05) is 14.2 Å². The summed E-state index contributed by atoms with van der Waals surface area (Å²) in [5.74, 6) is 0.428. The van der Waals surface area contributed by atoms with Crippen LogP contribution in [0.5, 0.6) is 5.75 Å². The fourth-order valence-electron chi connectivity index (χ4n) is 1.91. The van der Waals surface area contributed by atoms with Crippen LogP contribution in [0.3, 0.4) is 0 Å². The molecule has 1 aromatic carbocycles. The largest absolute Gasteiger partial charge is 0.494 e. The van der Waals surface area contributed by atoms with Crippen molar-refractivity contribution < 1.29 is 9.13 Å². The lowest BCUT2D eigenvalue weighted by Crippen LogP contribution is -2.24. The summed E-state index contributed by atoms with van der Waals surface area (Å²) in [6.07, 6.45) is 1.00. The van der Waals surface area contributed by atoms with Gasteiger partial charge in [-0.25, -0.2) is 4.39 Å². The fourth-order valence-corrected chi connectivity index (χ4v) is 1.91. The lowest BCUT2D eigenvalue weighted by atomic mass is 9.92. The Kier molecular flexibility index (Phi) is 4.74. The summed E-state index contributed by atoms with van der Waals surface area (Å²) in [6.45, 7) is 4.22. The van der Waals surface area contributed by atoms with Crippen molar-refractivity contribution in [2.45, 2.75) is 26.3 Å². The lowest BCUT2D eigenvalue weighted by molar-refractivity contribution is 0.360. The van der Waals surface area contributed by atoms with Crippen molar-refractivity contribution >= 4 is 0 Å². The van der Waals surface area contributed by atoms with Gasteiger partial charge in [-0.05, 0) is 19.0 Å². The van der Waals surface area contributed by atoms with Gasteiger partial charge in [0.15, 0.2) is 11.6 Å². The monoisotopic (exact) mass is 225 g/mol. The van der Waals surface area contributed by atoms with Crippen molar-refractivity contribution in [3.8, 4) is 5.75 Å². The predicted molar refractivity (Wildman–Crippen MR) is 64.2 cm³/mol. The van der Waals surface area contributed by atoms with E-state index in [0.717, 1.165) is 6.42 Å². The van der Waals surface area contributed by atoms with Gasteiger partial charge in [0.25, 0.3) is 0 Å². The molecular formula is C13H20FNO. The predicted octanol–water partition coefficient (Wildman–Crippen LogP) is 3.14. The van der Waals surface area contributed by atoms with Gasteiger partial charge in [-0.2, -0.15) is 0 Å². The van der Waals surface area contributed by atoms with Crippen molar-refractivity contribution in [2.24, 2.45) is 5.92 Å². The highest BCUT2D eigenvalue weighted by Crippen LogP contribution is 2.30. The number of hydrogen-bond acceptors (Lipinski definition) is 2. The molecule has 2 atom stereocenters. The molecule has 1 rings (SSSR count). The van der Waals surface area contributed by atoms with E-state index in [4.69, 9.17) is 4.74 Å². The van der Waals surface area contributed by atoms with Gasteiger partial charge in [-0.15, -0.1) is 0 Å². The highest BCUT2D eigenvalue weighted by atomic mass is 19.1. The summed E-state index contributed by atoms with van der Waals surface area (Å²) in [5, 5.41) is 3.17. The van der Waals surface area contributed by atoms with Gasteiger partial charge >= 0.3 is 0 Å². The van der Waals surface area contributed by atoms with Crippen LogP contribution in [0.1, 0.15) is 31.9 Å². The second-order valence-corrected chi connectivity index (χ2v) is 4.02. The first kappa shape index (κ1) is 13.0. The molecular weight excluding hydrogens is 205 g/mol. The van der Waals surface area contributed by atoms with Crippen LogP contribution in [0, 0.1) is 11.7 Å². The van der Waals surface area contributed by atoms with E-state index >= 15 is 0 Å². The molecule has 3 heteroatoms. The van der Waals surface area contributed by atoms with Crippen LogP contribution >= 0.6 is 0 Å². The molecule has 0 saturated heterocycles. The Labute approximate surface area is 96.8 Å². The highest BCUT2D eigenvalue weighted by Gasteiger charge is 2.21. The minimum absolute atomic E-state index is 0.0279. The van der Waals surface area contributed by atoms with E-state index in [0.29, 0.717) is 17.2 Å². The summed E-state index contributed by atoms with van der Waals surface area (Å²) in [7, 11) is 3.34. The Hall–Kier alpha value is -1.09. The van der Waals surface area contributed by atoms with E-state index in [9.17, 15) is 4.39 Å². The average molecular weight is 225 g/mol. The molecule has 1 aromatic rings. The Balaban J connectivity index is 3.10. The van der Waals surface area contributed by atoms with Gasteiger partial charge in [0.05, 0.1) is 7.11 Å². The van der Waals surface area contributed by atoms with Gasteiger partial charge in [-0.3, -0.25) is 0 Å². The number of halogens is 1. The van der Waals surface area contributed by atoms with E-state index in [1.807, 2.05) is 19.2 Å². The van der Waals surface area contributed by atoms with Gasteiger partial charge in [-0.1, -0.05) is 32.4 Å². The maximum absolute atomic E-state index is 14.0. The second-order valence-electron chi connectivity index (χ2n) is 4.02. The zero-order valence-corrected chi connectivity index (χ0v) is 10.4. The van der Waals surface area contributed by atoms with Gasteiger partial charge < -0.3 is 10.1 Å². The van der Waals surface area contributed by atoms with E-state index in [2.05, 4.69) is 19.2 Å². The van der Waals surface area contributed by atoms with Gasteiger partial charge in [0.2, 0.25) is 0 Å². The molecule has 0 aliphatic heterocycles. The number of hydrogen-bond donors (Lipinski definition) is 1. The van der Waals surface area contributed by atoms with Crippen LogP contribution in [-0.2, 0) is 0 Å². The summed E-state index contributed by atoms with van der Waals surface area (Å²) < 4.78 is 19.0. The molecule has 0 aliphatic carbocycles. The number of rotatable bonds is 5. The zero-order valence-electron chi connectivity index (χ0n) is 10.4. The SMILES string of the molecule is CCC(C)C(NC)c1cccc(OC)c1F. The van der Waals surface area contributed by atoms with Crippen molar-refractivity contribution in [1.29, 1.82) is 0 Å². The number of methoxy groups -OCH3 is 1. The molecule has 0 spiro atoms. The first-order chi connectivity index (χ1) is 7.65. The minimum Gasteiger partial charge on any atom is -0.494 e. The van der Waals surface area contributed by atoms with Crippen LogP contribution in [-0.4, -0.2) is 14.2 Å². The summed E-state index contributed by atoms with van der Waals surface area (Å²) in [6, 6.07) is 5.30. The number of nitrogens with one attached hydrogen (secondary N) is 1. The molecule has 0 amide bonds. The third-order valence-corrected chi connectivity index (χ3v) is 3.07. The Bertz CT molecular complexity index is 341. The fraction of sp³-hybridized carbons (Fsp3) is 0.538. The molecule has 0 fully saturated rings. The van der Waals surface area contributed by atoms with Crippen molar-refractivity contribution in [1.82, 2.24) is 5.32 Å². The lowest BCUT2D eigenvalue weighted by Gasteiger charge is -2.23. The van der Waals surface area contributed by atoms with Crippen molar-refractivity contribution in [3.05, 3.63) is 29.6 Å². The van der Waals surface area contributed by atoms with E-state index in [-0.39, 0.29) is 11.9 Å². The molecule has 2 nitrogen and oxygen atoms in total. The quantitative estimate of drug-likeness (QED) is 0.831. The topological polar surface area (TPSA) is 21.3 Å². The normalized spacial score (nSPS) is 14.6. The van der Waals surface area contributed by atoms with Crippen LogP contribution in [0.4, 0.5) is 4.39 Å². The third-order valence-electron chi connectivity index (χ3n) is 3.07. The Morgan fingerprint density at radius 2 is 2.12 bits per heavy atom. The standard InChI is InChI=1S/C13H20FNO/c1-5-9(2)13(15-3)10-7-6-8-11(16-4)12(10)14/h6-9,13,15H,5H2,1-4H3. The Morgan fingerprint density at radius 3 is 2.62 bits per heavy atom. The smallest absolute Gasteiger partial charge is 0.169 e. The Morgan fingerprint density at radius 1 is 1.44 bits per heavy atom. The zero-order chi connectivity index (χ0) is 12.1. The molecule has 0 radical (unpaired) electrons. The molecule has 16 heavy (non-hydrogen) atoms. The van der Waals surface area contributed by atoms with Gasteiger partial charge in [0.1, 0.15) is 0 Å². The van der Waals surface area contributed by atoms with Gasteiger partial charge in [0, 0.05) is 11.6 Å². The maximum Gasteiger partial charge on any atom is 0.169 e. The molecule has 2 unspecified atom stereocenters. The van der Waals surface area contributed by atoms with E-state index in [1.54, 1.807) is 6.07 Å². The third kappa shape index (κ3) is 2.53. The summed E-state index contributed by atoms with van der Waals surface area (Å²) >= 11 is 0. The van der Waals surface area contributed by atoms with Crippen LogP contribution < -0.4 is 10.1 Å². The first-order valence-electron chi connectivity index (χ1n) is 5.65. The van der Waals surface area contributed by atoms with Crippen molar-refractivity contribution in [3.63, 3.8) is 0 Å². The summed E-state index contributed by atoms with van der Waals surface area (Å²) in [5.41, 5.74) is 0.677. The highest BCUT2D eigenvalue weighted by molar-refractivity contribution is 5.33. The van der Waals surface area contributed by atoms with Crippen LogP contribution in [0.2, 0.25) is 0 Å². The second kappa shape index (κ2) is 5.85. The summed E-state index contributed by atoms with van der Waals surface area (Å²) in [4.78, 5) is 0. The first-order valence-corrected chi connectivity index (χ1v) is 5.65. The molecule has 0 aliphatic rings. The van der Waals surface area contributed by atoms with E-state index < -0.39 is 0 Å². The number of ether oxygens (including phenoxy) is 1. The van der Waals surface area contributed by atoms with Crippen LogP contribution in [0.15, 0.2) is 18.2 Å². The van der Waals surface area contributed by atoms with Crippen LogP contribution in [0.25, 0.3) is 0 Å². The minimum atomic E-state index is -0.260. The molecule has 0 bridgehead atoms. The molecule has 90 valence electrons. The molecule has 1 N–H and O–H groups in total. The molecule has 0 heterocycles. The molecule has 0 saturated carbocycles.